The molecule has 0 atom stereocenters. The Labute approximate surface area is 94.7 Å². The lowest BCUT2D eigenvalue weighted by atomic mass is 10.2. The van der Waals surface area contributed by atoms with Crippen molar-refractivity contribution >= 4 is 17.4 Å². The summed E-state index contributed by atoms with van der Waals surface area (Å²) in [4.78, 5) is 18.1. The fourth-order valence-electron chi connectivity index (χ4n) is 2.13. The molecular weight excluding hydrogens is 202 g/mol. The molecule has 3 rings (SSSR count). The normalized spacial score (nSPS) is 19.3. The molecule has 0 spiro atoms. The van der Waals surface area contributed by atoms with Crippen LogP contribution in [-0.4, -0.2) is 24.0 Å². The van der Waals surface area contributed by atoms with Gasteiger partial charge in [0, 0.05) is 12.7 Å². The van der Waals surface area contributed by atoms with Crippen LogP contribution in [0.2, 0.25) is 0 Å². The number of amides is 1. The van der Waals surface area contributed by atoms with Gasteiger partial charge in [-0.05, 0) is 37.3 Å². The van der Waals surface area contributed by atoms with E-state index in [-0.39, 0.29) is 5.91 Å². The molecule has 4 nitrogen and oxygen atoms in total. The van der Waals surface area contributed by atoms with Gasteiger partial charge in [-0.2, -0.15) is 0 Å². The van der Waals surface area contributed by atoms with E-state index in [1.807, 2.05) is 19.2 Å². The first-order valence-corrected chi connectivity index (χ1v) is 5.74. The Balaban J connectivity index is 1.96. The lowest BCUT2D eigenvalue weighted by molar-refractivity contribution is -0.115. The summed E-state index contributed by atoms with van der Waals surface area (Å²) in [5.41, 5.74) is 1.97. The Bertz CT molecular complexity index is 440. The summed E-state index contributed by atoms with van der Waals surface area (Å²) in [5, 5.41) is 2.91. The standard InChI is InChI=1S/C12H15N3O/c1-8-4-5-13-12-11(8)14-10(16)7-15(12)6-9-2-3-9/h4-5,9H,2-3,6-7H2,1H3,(H,14,16). The summed E-state index contributed by atoms with van der Waals surface area (Å²) < 4.78 is 0. The van der Waals surface area contributed by atoms with E-state index in [1.54, 1.807) is 0 Å². The van der Waals surface area contributed by atoms with Crippen LogP contribution in [0.5, 0.6) is 0 Å². The van der Waals surface area contributed by atoms with Crippen LogP contribution < -0.4 is 10.2 Å². The van der Waals surface area contributed by atoms with Crippen LogP contribution >= 0.6 is 0 Å². The topological polar surface area (TPSA) is 45.2 Å². The number of carbonyl (C=O) groups excluding carboxylic acids is 1. The monoisotopic (exact) mass is 217 g/mol. The summed E-state index contributed by atoms with van der Waals surface area (Å²) in [6.45, 7) is 3.41. The number of nitrogens with one attached hydrogen (secondary N) is 1. The summed E-state index contributed by atoms with van der Waals surface area (Å²) in [7, 11) is 0. The highest BCUT2D eigenvalue weighted by Crippen LogP contribution is 2.35. The molecule has 1 aromatic heterocycles. The third kappa shape index (κ3) is 1.64. The molecule has 0 aromatic carbocycles. The van der Waals surface area contributed by atoms with Crippen molar-refractivity contribution in [1.29, 1.82) is 0 Å². The van der Waals surface area contributed by atoms with Crippen molar-refractivity contribution in [1.82, 2.24) is 4.98 Å². The molecule has 0 saturated heterocycles. The minimum absolute atomic E-state index is 0.0734. The van der Waals surface area contributed by atoms with Gasteiger partial charge < -0.3 is 10.2 Å². The summed E-state index contributed by atoms with van der Waals surface area (Å²) in [5.74, 6) is 1.77. The van der Waals surface area contributed by atoms with Crippen molar-refractivity contribution in [3.05, 3.63) is 17.8 Å². The molecule has 1 N–H and O–H groups in total. The smallest absolute Gasteiger partial charge is 0.244 e. The fraction of sp³-hybridized carbons (Fsp3) is 0.500. The highest BCUT2D eigenvalue weighted by Gasteiger charge is 2.30. The van der Waals surface area contributed by atoms with E-state index in [0.717, 1.165) is 29.5 Å². The molecule has 0 unspecified atom stereocenters. The molecule has 1 aliphatic carbocycles. The molecule has 84 valence electrons. The Hall–Kier alpha value is -1.58. The lowest BCUT2D eigenvalue weighted by Gasteiger charge is -2.30. The molecular formula is C12H15N3O. The zero-order valence-corrected chi connectivity index (χ0v) is 9.36. The van der Waals surface area contributed by atoms with Gasteiger partial charge in [-0.3, -0.25) is 4.79 Å². The summed E-state index contributed by atoms with van der Waals surface area (Å²) >= 11 is 0. The molecule has 1 aliphatic heterocycles. The van der Waals surface area contributed by atoms with E-state index >= 15 is 0 Å². The van der Waals surface area contributed by atoms with Gasteiger partial charge in [0.15, 0.2) is 5.82 Å². The molecule has 4 heteroatoms. The molecule has 0 bridgehead atoms. The van der Waals surface area contributed by atoms with Gasteiger partial charge >= 0.3 is 0 Å². The van der Waals surface area contributed by atoms with Gasteiger partial charge in [0.25, 0.3) is 0 Å². The second kappa shape index (κ2) is 3.47. The van der Waals surface area contributed by atoms with E-state index in [0.29, 0.717) is 6.54 Å². The number of carbonyl (C=O) groups is 1. The lowest BCUT2D eigenvalue weighted by Crippen LogP contribution is -2.40. The first kappa shape index (κ1) is 9.63. The Morgan fingerprint density at radius 1 is 1.56 bits per heavy atom. The quantitative estimate of drug-likeness (QED) is 0.817. The number of hydrogen-bond acceptors (Lipinski definition) is 3. The zero-order valence-electron chi connectivity index (χ0n) is 9.36. The van der Waals surface area contributed by atoms with Crippen molar-refractivity contribution < 1.29 is 4.79 Å². The van der Waals surface area contributed by atoms with Crippen molar-refractivity contribution in [2.24, 2.45) is 5.92 Å². The third-order valence-electron chi connectivity index (χ3n) is 3.21. The highest BCUT2D eigenvalue weighted by molar-refractivity contribution is 6.01. The maximum atomic E-state index is 11.6. The number of anilines is 2. The largest absolute Gasteiger partial charge is 0.345 e. The zero-order chi connectivity index (χ0) is 11.1. The number of nitrogens with zero attached hydrogens (tertiary/aromatic N) is 2. The van der Waals surface area contributed by atoms with E-state index in [1.165, 1.54) is 12.8 Å². The van der Waals surface area contributed by atoms with Crippen LogP contribution in [0.1, 0.15) is 18.4 Å². The Kier molecular flexibility index (Phi) is 2.09. The number of hydrogen-bond donors (Lipinski definition) is 1. The molecule has 1 fully saturated rings. The van der Waals surface area contributed by atoms with Gasteiger partial charge in [-0.25, -0.2) is 4.98 Å². The van der Waals surface area contributed by atoms with Gasteiger partial charge in [0.2, 0.25) is 5.91 Å². The number of pyridine rings is 1. The molecule has 0 radical (unpaired) electrons. The fourth-order valence-corrected chi connectivity index (χ4v) is 2.13. The molecule has 1 saturated carbocycles. The minimum Gasteiger partial charge on any atom is -0.345 e. The Morgan fingerprint density at radius 3 is 3.12 bits per heavy atom. The highest BCUT2D eigenvalue weighted by atomic mass is 16.2. The molecule has 1 aromatic rings. The summed E-state index contributed by atoms with van der Waals surface area (Å²) in [6, 6.07) is 1.93. The van der Waals surface area contributed by atoms with Crippen LogP contribution in [0.25, 0.3) is 0 Å². The van der Waals surface area contributed by atoms with E-state index in [2.05, 4.69) is 15.2 Å². The number of rotatable bonds is 2. The second-order valence-electron chi connectivity index (χ2n) is 4.70. The van der Waals surface area contributed by atoms with Gasteiger partial charge in [-0.1, -0.05) is 0 Å². The SMILES string of the molecule is Cc1ccnc2c1NC(=O)CN2CC1CC1. The van der Waals surface area contributed by atoms with Crippen molar-refractivity contribution in [3.63, 3.8) is 0 Å². The van der Waals surface area contributed by atoms with Gasteiger partial charge in [-0.15, -0.1) is 0 Å². The first-order chi connectivity index (χ1) is 7.74. The summed E-state index contributed by atoms with van der Waals surface area (Å²) in [6.07, 6.45) is 4.39. The van der Waals surface area contributed by atoms with E-state index in [4.69, 9.17) is 0 Å². The number of aromatic nitrogens is 1. The van der Waals surface area contributed by atoms with Crippen LogP contribution in [-0.2, 0) is 4.79 Å². The maximum Gasteiger partial charge on any atom is 0.244 e. The van der Waals surface area contributed by atoms with Crippen molar-refractivity contribution in [3.8, 4) is 0 Å². The second-order valence-corrected chi connectivity index (χ2v) is 4.70. The van der Waals surface area contributed by atoms with E-state index in [9.17, 15) is 4.79 Å². The van der Waals surface area contributed by atoms with E-state index < -0.39 is 0 Å². The van der Waals surface area contributed by atoms with Crippen molar-refractivity contribution in [2.45, 2.75) is 19.8 Å². The Morgan fingerprint density at radius 2 is 2.38 bits per heavy atom. The maximum absolute atomic E-state index is 11.6. The number of fused-ring (bicyclic) bond motifs is 1. The molecule has 2 heterocycles. The minimum atomic E-state index is 0.0734. The third-order valence-corrected chi connectivity index (χ3v) is 3.21. The molecule has 2 aliphatic rings. The average Bonchev–Trinajstić information content (AvgIpc) is 3.03. The van der Waals surface area contributed by atoms with Gasteiger partial charge in [0.1, 0.15) is 0 Å². The predicted octanol–water partition coefficient (Wildman–Crippen LogP) is 1.56. The average molecular weight is 217 g/mol. The predicted molar refractivity (Wildman–Crippen MR) is 62.5 cm³/mol. The van der Waals surface area contributed by atoms with Crippen LogP contribution in [0, 0.1) is 12.8 Å². The molecule has 1 amide bonds. The first-order valence-electron chi connectivity index (χ1n) is 5.74. The molecule has 16 heavy (non-hydrogen) atoms. The van der Waals surface area contributed by atoms with Crippen LogP contribution in [0.4, 0.5) is 11.5 Å². The van der Waals surface area contributed by atoms with Gasteiger partial charge in [0.05, 0.1) is 12.2 Å². The van der Waals surface area contributed by atoms with Crippen molar-refractivity contribution in [2.75, 3.05) is 23.3 Å². The van der Waals surface area contributed by atoms with Crippen LogP contribution in [0.15, 0.2) is 12.3 Å². The van der Waals surface area contributed by atoms with Crippen LogP contribution in [0.3, 0.4) is 0 Å². The number of aryl methyl sites for hydroxylation is 1.